The summed E-state index contributed by atoms with van der Waals surface area (Å²) in [5.74, 6) is 0.155. The highest BCUT2D eigenvalue weighted by molar-refractivity contribution is 6.62. The van der Waals surface area contributed by atoms with Crippen molar-refractivity contribution in [3.63, 3.8) is 0 Å². The van der Waals surface area contributed by atoms with Crippen molar-refractivity contribution in [3.05, 3.63) is 59.7 Å². The van der Waals surface area contributed by atoms with Crippen LogP contribution in [0.2, 0.25) is 0 Å². The van der Waals surface area contributed by atoms with Gasteiger partial charge in [-0.25, -0.2) is 0 Å². The third-order valence-corrected chi connectivity index (χ3v) is 3.87. The van der Waals surface area contributed by atoms with Crippen LogP contribution in [-0.2, 0) is 27.4 Å². The van der Waals surface area contributed by atoms with Gasteiger partial charge in [0.1, 0.15) is 12.0 Å². The molecule has 0 saturated heterocycles. The highest BCUT2D eigenvalue weighted by Gasteiger charge is 2.31. The number of benzene rings is 2. The zero-order chi connectivity index (χ0) is 17.6. The predicted octanol–water partition coefficient (Wildman–Crippen LogP) is 0.962. The monoisotopic (exact) mass is 341 g/mol. The maximum atomic E-state index is 12.0. The van der Waals surface area contributed by atoms with E-state index in [0.717, 1.165) is 11.1 Å². The van der Waals surface area contributed by atoms with Crippen LogP contribution in [0.15, 0.2) is 48.5 Å². The zero-order valence-electron chi connectivity index (χ0n) is 14.0. The van der Waals surface area contributed by atoms with E-state index in [0.29, 0.717) is 24.4 Å². The molecule has 1 unspecified atom stereocenters. The molecule has 0 radical (unpaired) electrons. The van der Waals surface area contributed by atoms with Crippen LogP contribution in [0.4, 0.5) is 0 Å². The van der Waals surface area contributed by atoms with Crippen molar-refractivity contribution in [3.8, 4) is 5.75 Å². The fourth-order valence-corrected chi connectivity index (χ4v) is 2.62. The quantitative estimate of drug-likeness (QED) is 0.580. The largest absolute Gasteiger partial charge is 0.495 e. The molecular weight excluding hydrogens is 321 g/mol. The minimum atomic E-state index is -1.01. The van der Waals surface area contributed by atoms with Crippen molar-refractivity contribution >= 4 is 18.5 Å². The molecule has 130 valence electrons. The Morgan fingerprint density at radius 2 is 2.08 bits per heavy atom. The molecule has 0 fully saturated rings. The Kier molecular flexibility index (Phi) is 5.70. The van der Waals surface area contributed by atoms with Crippen molar-refractivity contribution in [1.29, 1.82) is 0 Å². The number of carbonyl (C=O) groups excluding carboxylic acids is 1. The van der Waals surface area contributed by atoms with E-state index in [9.17, 15) is 9.82 Å². The molecule has 25 heavy (non-hydrogen) atoms. The molecule has 1 heterocycles. The maximum Gasteiger partial charge on any atom is 0.495 e. The molecule has 1 aliphatic rings. The molecule has 1 atom stereocenters. The summed E-state index contributed by atoms with van der Waals surface area (Å²) in [5, 5.41) is 12.5. The topological polar surface area (TPSA) is 77.0 Å². The van der Waals surface area contributed by atoms with E-state index in [1.165, 1.54) is 0 Å². The average Bonchev–Trinajstić information content (AvgIpc) is 3.01. The fourth-order valence-electron chi connectivity index (χ4n) is 2.62. The highest BCUT2D eigenvalue weighted by Crippen LogP contribution is 2.18. The normalized spacial score (nSPS) is 14.1. The lowest BCUT2D eigenvalue weighted by molar-refractivity contribution is -0.127. The van der Waals surface area contributed by atoms with E-state index in [1.807, 2.05) is 36.4 Å². The number of carbonyl (C=O) groups is 1. The number of amides is 1. The molecule has 2 aromatic carbocycles. The van der Waals surface area contributed by atoms with E-state index in [-0.39, 0.29) is 12.5 Å². The van der Waals surface area contributed by atoms with Crippen molar-refractivity contribution in [2.45, 2.75) is 26.4 Å². The number of rotatable bonds is 7. The van der Waals surface area contributed by atoms with Gasteiger partial charge in [-0.15, -0.1) is 0 Å². The van der Waals surface area contributed by atoms with Crippen LogP contribution >= 0.6 is 0 Å². The van der Waals surface area contributed by atoms with Gasteiger partial charge in [0.2, 0.25) is 0 Å². The molecule has 2 aromatic rings. The van der Waals surface area contributed by atoms with Crippen molar-refractivity contribution in [2.75, 3.05) is 6.61 Å². The van der Waals surface area contributed by atoms with E-state index >= 15 is 0 Å². The Morgan fingerprint density at radius 3 is 2.88 bits per heavy atom. The first-order valence-electron chi connectivity index (χ1n) is 8.12. The number of fused-ring (bicyclic) bond motifs is 1. The summed E-state index contributed by atoms with van der Waals surface area (Å²) in [6, 6.07) is 15.1. The number of ether oxygens (including phenoxy) is 2. The summed E-state index contributed by atoms with van der Waals surface area (Å²) >= 11 is 0. The maximum absolute atomic E-state index is 12.0. The molecule has 0 spiro atoms. The lowest BCUT2D eigenvalue weighted by atomic mass is 9.79. The average molecular weight is 341 g/mol. The molecule has 0 bridgehead atoms. The third kappa shape index (κ3) is 4.60. The van der Waals surface area contributed by atoms with E-state index in [1.54, 1.807) is 19.1 Å². The number of nitrogens with one attached hydrogen (secondary N) is 1. The summed E-state index contributed by atoms with van der Waals surface area (Å²) in [4.78, 5) is 12.0. The van der Waals surface area contributed by atoms with Gasteiger partial charge < -0.3 is 24.5 Å². The first-order valence-corrected chi connectivity index (χ1v) is 8.12. The molecule has 6 nitrogen and oxygen atoms in total. The number of hydrogen-bond acceptors (Lipinski definition) is 5. The Morgan fingerprint density at radius 1 is 1.28 bits per heavy atom. The van der Waals surface area contributed by atoms with Crippen LogP contribution in [0.25, 0.3) is 0 Å². The van der Waals surface area contributed by atoms with Gasteiger partial charge in [-0.1, -0.05) is 42.5 Å². The Labute approximate surface area is 146 Å². The molecular formula is C18H20BNO5. The molecule has 2 N–H and O–H groups in total. The van der Waals surface area contributed by atoms with Crippen LogP contribution in [0.3, 0.4) is 0 Å². The smallest absolute Gasteiger partial charge is 0.484 e. The van der Waals surface area contributed by atoms with Gasteiger partial charge in [0.25, 0.3) is 5.91 Å². The van der Waals surface area contributed by atoms with Gasteiger partial charge in [0, 0.05) is 5.46 Å². The van der Waals surface area contributed by atoms with E-state index < -0.39 is 13.3 Å². The first kappa shape index (κ1) is 17.5. The van der Waals surface area contributed by atoms with Gasteiger partial charge in [0.15, 0.2) is 6.61 Å². The zero-order valence-corrected chi connectivity index (χ0v) is 14.0. The summed E-state index contributed by atoms with van der Waals surface area (Å²) in [6.07, 6.45) is -0.438. The van der Waals surface area contributed by atoms with Gasteiger partial charge in [-0.2, -0.15) is 0 Å². The van der Waals surface area contributed by atoms with Crippen LogP contribution in [0.5, 0.6) is 5.75 Å². The second-order valence-corrected chi connectivity index (χ2v) is 5.79. The minimum Gasteiger partial charge on any atom is -0.484 e. The number of hydrogen-bond donors (Lipinski definition) is 2. The summed E-state index contributed by atoms with van der Waals surface area (Å²) in [5.41, 5.74) is 2.49. The molecule has 3 rings (SSSR count). The van der Waals surface area contributed by atoms with Gasteiger partial charge in [0.05, 0.1) is 13.2 Å². The fraction of sp³-hybridized carbons (Fsp3) is 0.278. The molecule has 0 aliphatic carbocycles. The second kappa shape index (κ2) is 8.16. The lowest BCUT2D eigenvalue weighted by Crippen LogP contribution is -2.38. The molecule has 0 aromatic heterocycles. The summed E-state index contributed by atoms with van der Waals surface area (Å²) < 4.78 is 16.3. The van der Waals surface area contributed by atoms with Crippen LogP contribution in [0, 0.1) is 0 Å². The molecule has 1 amide bonds. The van der Waals surface area contributed by atoms with Crippen LogP contribution in [-0.4, -0.2) is 30.9 Å². The van der Waals surface area contributed by atoms with Crippen molar-refractivity contribution < 1.29 is 23.9 Å². The summed E-state index contributed by atoms with van der Waals surface area (Å²) in [6.45, 7) is 2.35. The van der Waals surface area contributed by atoms with Gasteiger partial charge in [-0.3, -0.25) is 4.79 Å². The standard InChI is InChI=1S/C18H20BNO5/c1-13(23-10-14-6-3-2-4-7-14)20-17(21)12-24-16-9-5-8-15-11-25-19(22)18(15)16/h2-9,13,22H,10-12H2,1H3,(H,20,21). The minimum absolute atomic E-state index is 0.164. The van der Waals surface area contributed by atoms with E-state index in [2.05, 4.69) is 5.32 Å². The summed E-state index contributed by atoms with van der Waals surface area (Å²) in [7, 11) is -1.01. The Bertz CT molecular complexity index is 725. The molecule has 7 heteroatoms. The van der Waals surface area contributed by atoms with Gasteiger partial charge >= 0.3 is 7.12 Å². The van der Waals surface area contributed by atoms with Gasteiger partial charge in [-0.05, 0) is 24.1 Å². The third-order valence-electron chi connectivity index (χ3n) is 3.87. The Hall–Kier alpha value is -2.35. The first-order chi connectivity index (χ1) is 12.1. The van der Waals surface area contributed by atoms with E-state index in [4.69, 9.17) is 14.1 Å². The SMILES string of the molecule is CC(NC(=O)COc1cccc2c1B(O)OC2)OCc1ccccc1. The lowest BCUT2D eigenvalue weighted by Gasteiger charge is -2.16. The van der Waals surface area contributed by atoms with Crippen molar-refractivity contribution in [1.82, 2.24) is 5.32 Å². The molecule has 1 aliphatic heterocycles. The van der Waals surface area contributed by atoms with Crippen LogP contribution in [0.1, 0.15) is 18.1 Å². The van der Waals surface area contributed by atoms with Crippen molar-refractivity contribution in [2.24, 2.45) is 0 Å². The second-order valence-electron chi connectivity index (χ2n) is 5.79. The Balaban J connectivity index is 1.46. The predicted molar refractivity (Wildman–Crippen MR) is 93.2 cm³/mol. The molecule has 0 saturated carbocycles. The highest BCUT2D eigenvalue weighted by atomic mass is 16.5. The van der Waals surface area contributed by atoms with Crippen LogP contribution < -0.4 is 15.5 Å².